The van der Waals surface area contributed by atoms with Crippen molar-refractivity contribution in [2.24, 2.45) is 0 Å². The standard InChI is InChI=1S/C19H14F3N3O3S/c20-19(21,22)15-6-10-17(11-7-15)29(27,28)24-16-8-4-14(5-9-16)18(26)23-25-12-2-1-3-13-25/h1-13,24H. The predicted octanol–water partition coefficient (Wildman–Crippen LogP) is 3.77. The van der Waals surface area contributed by atoms with Crippen molar-refractivity contribution in [1.29, 1.82) is 0 Å². The molecular weight excluding hydrogens is 407 g/mol. The Morgan fingerprint density at radius 1 is 0.897 bits per heavy atom. The number of nitrogens with one attached hydrogen (secondary N) is 1. The zero-order valence-electron chi connectivity index (χ0n) is 14.7. The summed E-state index contributed by atoms with van der Waals surface area (Å²) in [5.74, 6) is -0.529. The first-order chi connectivity index (χ1) is 13.6. The fourth-order valence-corrected chi connectivity index (χ4v) is 3.40. The predicted molar refractivity (Wildman–Crippen MR) is 98.4 cm³/mol. The molecule has 2 aromatic carbocycles. The van der Waals surface area contributed by atoms with E-state index in [1.54, 1.807) is 30.6 Å². The largest absolute Gasteiger partial charge is 0.416 e. The number of pyridine rings is 1. The summed E-state index contributed by atoms with van der Waals surface area (Å²) in [6.07, 6.45) is -1.38. The van der Waals surface area contributed by atoms with E-state index in [9.17, 15) is 26.4 Å². The number of carbonyl (C=O) groups excluding carboxylic acids is 1. The van der Waals surface area contributed by atoms with Crippen LogP contribution in [0.2, 0.25) is 0 Å². The molecule has 0 bridgehead atoms. The smallest absolute Gasteiger partial charge is 0.367 e. The van der Waals surface area contributed by atoms with E-state index in [1.807, 2.05) is 0 Å². The Hall–Kier alpha value is -3.40. The molecule has 0 saturated heterocycles. The third-order valence-corrected chi connectivity index (χ3v) is 5.18. The van der Waals surface area contributed by atoms with Gasteiger partial charge in [-0.05, 0) is 36.4 Å². The fraction of sp³-hybridized carbons (Fsp3) is 0.0526. The van der Waals surface area contributed by atoms with Gasteiger partial charge in [-0.15, -0.1) is 0 Å². The average Bonchev–Trinajstić information content (AvgIpc) is 2.68. The fourth-order valence-electron chi connectivity index (χ4n) is 2.34. The average molecular weight is 421 g/mol. The van der Waals surface area contributed by atoms with Crippen LogP contribution in [-0.4, -0.2) is 14.3 Å². The SMILES string of the molecule is O=C([N-][n+]1ccccc1)c1ccc(NS(=O)(=O)c2ccc(C(F)(F)F)cc2)cc1. The van der Waals surface area contributed by atoms with Crippen LogP contribution in [0.5, 0.6) is 0 Å². The number of alkyl halides is 3. The van der Waals surface area contributed by atoms with E-state index in [-0.39, 0.29) is 16.1 Å². The molecule has 1 amide bonds. The van der Waals surface area contributed by atoms with Crippen molar-refractivity contribution in [2.75, 3.05) is 4.72 Å². The maximum absolute atomic E-state index is 12.6. The Bertz CT molecular complexity index is 1100. The maximum Gasteiger partial charge on any atom is 0.416 e. The van der Waals surface area contributed by atoms with E-state index >= 15 is 0 Å². The van der Waals surface area contributed by atoms with Crippen molar-refractivity contribution in [3.8, 4) is 0 Å². The molecule has 0 aliphatic heterocycles. The summed E-state index contributed by atoms with van der Waals surface area (Å²) in [4.78, 5) is 11.8. The summed E-state index contributed by atoms with van der Waals surface area (Å²) in [6.45, 7) is 0. The number of amides is 1. The second-order valence-electron chi connectivity index (χ2n) is 5.87. The highest BCUT2D eigenvalue weighted by Gasteiger charge is 2.30. The van der Waals surface area contributed by atoms with Crippen LogP contribution >= 0.6 is 0 Å². The normalized spacial score (nSPS) is 11.7. The van der Waals surface area contributed by atoms with E-state index in [2.05, 4.69) is 10.1 Å². The Labute approximate surface area is 164 Å². The van der Waals surface area contributed by atoms with Gasteiger partial charge >= 0.3 is 6.18 Å². The minimum absolute atomic E-state index is 0.147. The van der Waals surface area contributed by atoms with E-state index in [0.29, 0.717) is 12.1 Å². The third-order valence-electron chi connectivity index (χ3n) is 3.78. The lowest BCUT2D eigenvalue weighted by molar-refractivity contribution is -0.617. The highest BCUT2D eigenvalue weighted by atomic mass is 32.2. The number of aromatic nitrogens is 1. The molecule has 0 atom stereocenters. The second-order valence-corrected chi connectivity index (χ2v) is 7.55. The minimum atomic E-state index is -4.55. The summed E-state index contributed by atoms with van der Waals surface area (Å²) in [5, 5.41) is 0. The molecule has 10 heteroatoms. The van der Waals surface area contributed by atoms with Crippen LogP contribution < -0.4 is 9.40 Å². The van der Waals surface area contributed by atoms with Gasteiger partial charge in [0.25, 0.3) is 10.0 Å². The molecule has 1 heterocycles. The van der Waals surface area contributed by atoms with E-state index in [4.69, 9.17) is 0 Å². The van der Waals surface area contributed by atoms with Gasteiger partial charge in [-0.25, -0.2) is 13.1 Å². The Morgan fingerprint density at radius 3 is 2.03 bits per heavy atom. The van der Waals surface area contributed by atoms with Crippen LogP contribution in [0.4, 0.5) is 18.9 Å². The first kappa shape index (κ1) is 20.3. The van der Waals surface area contributed by atoms with Gasteiger partial charge in [-0.3, -0.25) is 4.72 Å². The van der Waals surface area contributed by atoms with E-state index in [1.165, 1.54) is 28.9 Å². The zero-order chi connectivity index (χ0) is 21.1. The van der Waals surface area contributed by atoms with Crippen molar-refractivity contribution in [3.05, 3.63) is 95.7 Å². The number of benzene rings is 2. The maximum atomic E-state index is 12.6. The number of rotatable bonds is 5. The zero-order valence-corrected chi connectivity index (χ0v) is 15.5. The molecule has 0 spiro atoms. The molecule has 0 radical (unpaired) electrons. The molecule has 0 fully saturated rings. The first-order valence-corrected chi connectivity index (χ1v) is 9.66. The molecule has 1 N–H and O–H groups in total. The number of hydrogen-bond donors (Lipinski definition) is 1. The quantitative estimate of drug-likeness (QED) is 0.637. The van der Waals surface area contributed by atoms with Crippen LogP contribution in [0.15, 0.2) is 84.0 Å². The van der Waals surface area contributed by atoms with E-state index in [0.717, 1.165) is 12.1 Å². The molecule has 1 aromatic heterocycles. The van der Waals surface area contributed by atoms with Gasteiger partial charge in [0.05, 0.1) is 10.5 Å². The van der Waals surface area contributed by atoms with Crippen LogP contribution in [0.3, 0.4) is 0 Å². The lowest BCUT2D eigenvalue weighted by atomic mass is 10.2. The van der Waals surface area contributed by atoms with Gasteiger partial charge < -0.3 is 10.2 Å². The monoisotopic (exact) mass is 421 g/mol. The molecule has 0 aliphatic rings. The molecule has 6 nitrogen and oxygen atoms in total. The topological polar surface area (TPSA) is 81.2 Å². The molecule has 3 aromatic rings. The summed E-state index contributed by atoms with van der Waals surface area (Å²) in [6, 6.07) is 13.8. The summed E-state index contributed by atoms with van der Waals surface area (Å²) in [7, 11) is -4.09. The summed E-state index contributed by atoms with van der Waals surface area (Å²) >= 11 is 0. The van der Waals surface area contributed by atoms with Crippen LogP contribution in [-0.2, 0) is 16.2 Å². The van der Waals surface area contributed by atoms with Gasteiger partial charge in [-0.2, -0.15) is 13.2 Å². The van der Waals surface area contributed by atoms with Crippen molar-refractivity contribution in [3.63, 3.8) is 0 Å². The molecule has 29 heavy (non-hydrogen) atoms. The third kappa shape index (κ3) is 5.11. The Balaban J connectivity index is 1.70. The minimum Gasteiger partial charge on any atom is -0.367 e. The molecule has 3 rings (SSSR count). The lowest BCUT2D eigenvalue weighted by Gasteiger charge is -2.13. The van der Waals surface area contributed by atoms with Crippen molar-refractivity contribution in [2.45, 2.75) is 11.1 Å². The second kappa shape index (κ2) is 7.92. The Kier molecular flexibility index (Phi) is 5.55. The molecular formula is C19H14F3N3O3S. The summed E-state index contributed by atoms with van der Waals surface area (Å²) < 4.78 is 66.1. The highest BCUT2D eigenvalue weighted by Crippen LogP contribution is 2.30. The summed E-state index contributed by atoms with van der Waals surface area (Å²) in [5.41, 5.74) is 3.29. The molecule has 150 valence electrons. The van der Waals surface area contributed by atoms with Gasteiger partial charge in [-0.1, -0.05) is 18.2 Å². The number of nitrogens with zero attached hydrogens (tertiary/aromatic N) is 2. The number of anilines is 1. The number of carbonyl (C=O) groups is 1. The van der Waals surface area contributed by atoms with Crippen molar-refractivity contribution < 1.29 is 31.1 Å². The number of hydrogen-bond acceptors (Lipinski definition) is 3. The van der Waals surface area contributed by atoms with Gasteiger partial charge in [0.2, 0.25) is 0 Å². The van der Waals surface area contributed by atoms with Crippen LogP contribution in [0.1, 0.15) is 15.9 Å². The van der Waals surface area contributed by atoms with Gasteiger partial charge in [0.1, 0.15) is 5.91 Å². The van der Waals surface area contributed by atoms with Gasteiger partial charge in [0, 0.05) is 23.4 Å². The lowest BCUT2D eigenvalue weighted by Crippen LogP contribution is -2.30. The molecule has 0 unspecified atom stereocenters. The van der Waals surface area contributed by atoms with Crippen molar-refractivity contribution in [1.82, 2.24) is 0 Å². The molecule has 0 saturated carbocycles. The highest BCUT2D eigenvalue weighted by molar-refractivity contribution is 7.92. The number of halogens is 3. The molecule has 0 aliphatic carbocycles. The Morgan fingerprint density at radius 2 is 1.48 bits per heavy atom. The van der Waals surface area contributed by atoms with Crippen molar-refractivity contribution >= 4 is 21.6 Å². The van der Waals surface area contributed by atoms with E-state index < -0.39 is 27.7 Å². The van der Waals surface area contributed by atoms with Crippen LogP contribution in [0.25, 0.3) is 5.43 Å². The van der Waals surface area contributed by atoms with Crippen LogP contribution in [0, 0.1) is 0 Å². The number of sulfonamides is 1. The van der Waals surface area contributed by atoms with Gasteiger partial charge in [0.15, 0.2) is 12.4 Å². The first-order valence-electron chi connectivity index (χ1n) is 8.18.